The lowest BCUT2D eigenvalue weighted by molar-refractivity contribution is 0.00578. The summed E-state index contributed by atoms with van der Waals surface area (Å²) in [4.78, 5) is 0. The molecule has 4 nitrogen and oxygen atoms in total. The van der Waals surface area contributed by atoms with Crippen molar-refractivity contribution in [2.45, 2.75) is 144 Å². The third-order valence-electron chi connectivity index (χ3n) is 13.1. The van der Waals surface area contributed by atoms with E-state index in [2.05, 4.69) is 221 Å². The van der Waals surface area contributed by atoms with Crippen molar-refractivity contribution in [3.8, 4) is 11.4 Å². The van der Waals surface area contributed by atoms with Crippen LogP contribution in [0.3, 0.4) is 0 Å². The summed E-state index contributed by atoms with van der Waals surface area (Å²) < 4.78 is 19.6. The zero-order valence-corrected chi connectivity index (χ0v) is 39.3. The molecular formula is C52H62BBrN2O2. The van der Waals surface area contributed by atoms with Gasteiger partial charge in [0.1, 0.15) is 0 Å². The minimum atomic E-state index is -0.559. The Morgan fingerprint density at radius 2 is 0.690 bits per heavy atom. The highest BCUT2D eigenvalue weighted by Gasteiger charge is 2.52. The second-order valence-corrected chi connectivity index (χ2v) is 22.9. The molecule has 0 aliphatic carbocycles. The topological polar surface area (TPSA) is 28.3 Å². The van der Waals surface area contributed by atoms with Crippen LogP contribution >= 0.6 is 15.9 Å². The van der Waals surface area contributed by atoms with Gasteiger partial charge in [0, 0.05) is 21.5 Å². The second-order valence-electron chi connectivity index (χ2n) is 22.1. The van der Waals surface area contributed by atoms with E-state index in [4.69, 9.17) is 9.31 Å². The number of nitrogens with zero attached hydrogens (tertiary/aromatic N) is 2. The normalized spacial score (nSPS) is 16.5. The average Bonchev–Trinajstić information content (AvgIpc) is 3.69. The quantitative estimate of drug-likeness (QED) is 0.166. The van der Waals surface area contributed by atoms with Crippen LogP contribution in [0.1, 0.15) is 133 Å². The van der Waals surface area contributed by atoms with E-state index in [-0.39, 0.29) is 21.7 Å². The van der Waals surface area contributed by atoms with Crippen LogP contribution in [0.5, 0.6) is 0 Å². The van der Waals surface area contributed by atoms with Crippen LogP contribution in [0.2, 0.25) is 0 Å². The van der Waals surface area contributed by atoms with Gasteiger partial charge in [-0.05, 0) is 154 Å². The van der Waals surface area contributed by atoms with Gasteiger partial charge in [-0.2, -0.15) is 0 Å². The highest BCUT2D eigenvalue weighted by atomic mass is 79.9. The van der Waals surface area contributed by atoms with Crippen molar-refractivity contribution < 1.29 is 9.31 Å². The summed E-state index contributed by atoms with van der Waals surface area (Å²) in [6.07, 6.45) is 0. The molecule has 6 heteroatoms. The van der Waals surface area contributed by atoms with Gasteiger partial charge in [-0.15, -0.1) is 0 Å². The minimum absolute atomic E-state index is 0.00488. The van der Waals surface area contributed by atoms with Gasteiger partial charge < -0.3 is 18.4 Å². The summed E-state index contributed by atoms with van der Waals surface area (Å²) in [6, 6.07) is 32.8. The van der Waals surface area contributed by atoms with E-state index < -0.39 is 18.3 Å². The van der Waals surface area contributed by atoms with E-state index in [0.717, 1.165) is 21.3 Å². The van der Waals surface area contributed by atoms with Crippen LogP contribution in [0.25, 0.3) is 55.0 Å². The molecule has 0 spiro atoms. The largest absolute Gasteiger partial charge is 0.494 e. The molecule has 58 heavy (non-hydrogen) atoms. The molecule has 0 N–H and O–H groups in total. The van der Waals surface area contributed by atoms with Crippen LogP contribution in [0, 0.1) is 0 Å². The predicted molar refractivity (Wildman–Crippen MR) is 253 cm³/mol. The molecule has 1 aliphatic rings. The fourth-order valence-corrected chi connectivity index (χ4v) is 9.07. The van der Waals surface area contributed by atoms with E-state index in [1.54, 1.807) is 0 Å². The molecule has 3 heterocycles. The van der Waals surface area contributed by atoms with E-state index in [9.17, 15) is 0 Å². The molecule has 0 unspecified atom stereocenters. The Hall–Kier alpha value is -3.84. The standard InChI is InChI=1S/C52H62BBrN2O2/c1-47(2,3)31-17-21-40-36(25-31)37-26-32(48(4,5)6)18-22-41(37)55(40)44-29-35(53-57-51(13,14)52(15,16)58-53)30-45(46(44)54)56-42-23-19-33(49(7,8)9)27-38(42)39-28-34(50(10,11)12)20-24-43(39)56/h17-30H,1-16H3. The SMILES string of the molecule is CC(C)(C)c1ccc2c(c1)c1cc(C(C)(C)C)ccc1n2-c1cc(B2OC(C)(C)C(C)(C)O2)cc(-n2c3ccc(C(C)(C)C)cc3c3cc(C(C)(C)C)ccc32)c1Br. The van der Waals surface area contributed by atoms with Crippen molar-refractivity contribution in [3.05, 3.63) is 112 Å². The lowest BCUT2D eigenvalue weighted by atomic mass is 9.78. The van der Waals surface area contributed by atoms with Crippen molar-refractivity contribution in [2.24, 2.45) is 0 Å². The fourth-order valence-electron chi connectivity index (χ4n) is 8.49. The van der Waals surface area contributed by atoms with Gasteiger partial charge in [-0.25, -0.2) is 0 Å². The second kappa shape index (κ2) is 13.1. The number of halogens is 1. The van der Waals surface area contributed by atoms with E-state index in [1.807, 2.05) is 0 Å². The first-order chi connectivity index (χ1) is 26.7. The van der Waals surface area contributed by atoms with Gasteiger partial charge in [0.25, 0.3) is 0 Å². The van der Waals surface area contributed by atoms with Crippen molar-refractivity contribution >= 4 is 72.1 Å². The molecule has 0 saturated carbocycles. The molecule has 0 bridgehead atoms. The Balaban J connectivity index is 1.51. The maximum Gasteiger partial charge on any atom is 0.494 e. The summed E-state index contributed by atoms with van der Waals surface area (Å²) >= 11 is 4.32. The molecule has 302 valence electrons. The summed E-state index contributed by atoms with van der Waals surface area (Å²) in [5, 5.41) is 5.02. The van der Waals surface area contributed by atoms with Gasteiger partial charge in [-0.1, -0.05) is 107 Å². The number of benzene rings is 5. The molecule has 1 fully saturated rings. The van der Waals surface area contributed by atoms with Gasteiger partial charge in [0.15, 0.2) is 0 Å². The van der Waals surface area contributed by atoms with Crippen LogP contribution in [0.4, 0.5) is 0 Å². The third kappa shape index (κ3) is 6.66. The summed E-state index contributed by atoms with van der Waals surface area (Å²) in [5.41, 5.74) is 12.0. The van der Waals surface area contributed by atoms with Crippen LogP contribution < -0.4 is 5.46 Å². The zero-order valence-electron chi connectivity index (χ0n) is 37.7. The molecule has 0 atom stereocenters. The van der Waals surface area contributed by atoms with Crippen LogP contribution in [-0.4, -0.2) is 27.5 Å². The van der Waals surface area contributed by atoms with Gasteiger partial charge in [0.05, 0.1) is 49.1 Å². The minimum Gasteiger partial charge on any atom is -0.399 e. The van der Waals surface area contributed by atoms with Gasteiger partial charge in [-0.3, -0.25) is 0 Å². The van der Waals surface area contributed by atoms with Crippen molar-refractivity contribution in [3.63, 3.8) is 0 Å². The smallest absolute Gasteiger partial charge is 0.399 e. The number of rotatable bonds is 3. The summed E-state index contributed by atoms with van der Waals surface area (Å²) in [5.74, 6) is 0. The van der Waals surface area contributed by atoms with Crippen molar-refractivity contribution in [2.75, 3.05) is 0 Å². The molecule has 0 amide bonds. The summed E-state index contributed by atoms with van der Waals surface area (Å²) in [6.45, 7) is 36.1. The highest BCUT2D eigenvalue weighted by Crippen LogP contribution is 2.44. The average molecular weight is 838 g/mol. The predicted octanol–water partition coefficient (Wildman–Crippen LogP) is 14.1. The van der Waals surface area contributed by atoms with Crippen LogP contribution in [-0.2, 0) is 31.0 Å². The Morgan fingerprint density at radius 1 is 0.431 bits per heavy atom. The summed E-state index contributed by atoms with van der Waals surface area (Å²) in [7, 11) is -0.559. The number of hydrogen-bond acceptors (Lipinski definition) is 2. The molecule has 8 rings (SSSR count). The van der Waals surface area contributed by atoms with Crippen LogP contribution in [0.15, 0.2) is 89.4 Å². The molecular weight excluding hydrogens is 775 g/mol. The lowest BCUT2D eigenvalue weighted by Gasteiger charge is -2.32. The maximum absolute atomic E-state index is 6.84. The number of hydrogen-bond donors (Lipinski definition) is 0. The van der Waals surface area contributed by atoms with Gasteiger partial charge in [0.2, 0.25) is 0 Å². The molecule has 1 saturated heterocycles. The molecule has 5 aromatic carbocycles. The number of aromatic nitrogens is 2. The first kappa shape index (κ1) is 40.9. The van der Waals surface area contributed by atoms with E-state index in [0.29, 0.717) is 0 Å². The Bertz CT molecular complexity index is 2460. The highest BCUT2D eigenvalue weighted by molar-refractivity contribution is 9.10. The van der Waals surface area contributed by atoms with E-state index >= 15 is 0 Å². The van der Waals surface area contributed by atoms with E-state index in [1.165, 1.54) is 65.9 Å². The molecule has 7 aromatic rings. The fraction of sp³-hybridized carbons (Fsp3) is 0.423. The van der Waals surface area contributed by atoms with Crippen molar-refractivity contribution in [1.29, 1.82) is 0 Å². The molecule has 1 aliphatic heterocycles. The molecule has 0 radical (unpaired) electrons. The lowest BCUT2D eigenvalue weighted by Crippen LogP contribution is -2.41. The maximum atomic E-state index is 6.84. The Labute approximate surface area is 355 Å². The van der Waals surface area contributed by atoms with Gasteiger partial charge >= 0.3 is 7.12 Å². The van der Waals surface area contributed by atoms with Crippen molar-refractivity contribution in [1.82, 2.24) is 9.13 Å². The first-order valence-electron chi connectivity index (χ1n) is 21.1. The molecule has 2 aromatic heterocycles. The Kier molecular flexibility index (Phi) is 9.23. The zero-order chi connectivity index (χ0) is 42.3. The third-order valence-corrected chi connectivity index (χ3v) is 13.9. The number of fused-ring (bicyclic) bond motifs is 6. The first-order valence-corrected chi connectivity index (χ1v) is 21.8. The Morgan fingerprint density at radius 3 is 0.931 bits per heavy atom. The monoisotopic (exact) mass is 836 g/mol.